The minimum Gasteiger partial charge on any atom is -0.351 e. The van der Waals surface area contributed by atoms with E-state index in [2.05, 4.69) is 5.32 Å². The van der Waals surface area contributed by atoms with Gasteiger partial charge in [-0.3, -0.25) is 14.9 Å². The Morgan fingerprint density at radius 1 is 1.55 bits per heavy atom. The van der Waals surface area contributed by atoms with Crippen molar-refractivity contribution >= 4 is 23.4 Å². The van der Waals surface area contributed by atoms with E-state index in [0.717, 1.165) is 11.3 Å². The van der Waals surface area contributed by atoms with Crippen LogP contribution < -0.4 is 11.1 Å². The molecule has 0 radical (unpaired) electrons. The van der Waals surface area contributed by atoms with E-state index < -0.39 is 11.0 Å². The SMILES string of the molecule is CSCC[C@@H](N)C(=O)NCc1cccc([N+](=O)[O-])c1C. The normalized spacial score (nSPS) is 11.9. The van der Waals surface area contributed by atoms with Gasteiger partial charge in [-0.05, 0) is 30.9 Å². The fourth-order valence-electron chi connectivity index (χ4n) is 1.75. The van der Waals surface area contributed by atoms with Gasteiger partial charge in [-0.25, -0.2) is 0 Å². The van der Waals surface area contributed by atoms with Crippen molar-refractivity contribution in [2.75, 3.05) is 12.0 Å². The molecular weight excluding hydrogens is 278 g/mol. The topological polar surface area (TPSA) is 98.3 Å². The number of thioether (sulfide) groups is 1. The molecule has 3 N–H and O–H groups in total. The highest BCUT2D eigenvalue weighted by molar-refractivity contribution is 7.98. The molecule has 0 fully saturated rings. The quantitative estimate of drug-likeness (QED) is 0.588. The number of nitrogens with one attached hydrogen (secondary N) is 1. The number of hydrogen-bond donors (Lipinski definition) is 2. The van der Waals surface area contributed by atoms with E-state index in [4.69, 9.17) is 5.73 Å². The molecule has 7 heteroatoms. The second kappa shape index (κ2) is 7.86. The summed E-state index contributed by atoms with van der Waals surface area (Å²) in [5.74, 6) is 0.592. The highest BCUT2D eigenvalue weighted by Crippen LogP contribution is 2.20. The highest BCUT2D eigenvalue weighted by atomic mass is 32.2. The predicted octanol–water partition coefficient (Wildman–Crippen LogP) is 1.60. The smallest absolute Gasteiger partial charge is 0.272 e. The van der Waals surface area contributed by atoms with Crippen LogP contribution in [0.5, 0.6) is 0 Å². The maximum Gasteiger partial charge on any atom is 0.272 e. The van der Waals surface area contributed by atoms with Crippen molar-refractivity contribution in [3.63, 3.8) is 0 Å². The summed E-state index contributed by atoms with van der Waals surface area (Å²) in [6.07, 6.45) is 2.57. The van der Waals surface area contributed by atoms with Gasteiger partial charge in [0.05, 0.1) is 11.0 Å². The van der Waals surface area contributed by atoms with Crippen molar-refractivity contribution in [1.82, 2.24) is 5.32 Å². The first-order valence-corrected chi connectivity index (χ1v) is 7.62. The van der Waals surface area contributed by atoms with E-state index in [1.807, 2.05) is 6.26 Å². The molecule has 0 aliphatic heterocycles. The third-order valence-electron chi connectivity index (χ3n) is 3.04. The first-order chi connectivity index (χ1) is 9.47. The van der Waals surface area contributed by atoms with Gasteiger partial charge in [0.25, 0.3) is 5.69 Å². The van der Waals surface area contributed by atoms with Crippen LogP contribution in [0, 0.1) is 17.0 Å². The molecule has 20 heavy (non-hydrogen) atoms. The Labute approximate surface area is 122 Å². The number of nitro benzene ring substituents is 1. The Morgan fingerprint density at radius 3 is 2.85 bits per heavy atom. The molecule has 0 unspecified atom stereocenters. The molecule has 0 saturated heterocycles. The Morgan fingerprint density at radius 2 is 2.25 bits per heavy atom. The summed E-state index contributed by atoms with van der Waals surface area (Å²) in [5, 5.41) is 13.6. The number of nitrogens with zero attached hydrogens (tertiary/aromatic N) is 1. The molecule has 1 amide bonds. The van der Waals surface area contributed by atoms with Gasteiger partial charge in [0.2, 0.25) is 5.91 Å². The van der Waals surface area contributed by atoms with Gasteiger partial charge in [-0.1, -0.05) is 12.1 Å². The van der Waals surface area contributed by atoms with Crippen LogP contribution in [0.4, 0.5) is 5.69 Å². The van der Waals surface area contributed by atoms with E-state index in [1.165, 1.54) is 6.07 Å². The summed E-state index contributed by atoms with van der Waals surface area (Å²) in [5.41, 5.74) is 7.10. The van der Waals surface area contributed by atoms with E-state index >= 15 is 0 Å². The lowest BCUT2D eigenvalue weighted by Crippen LogP contribution is -2.40. The minimum atomic E-state index is -0.540. The van der Waals surface area contributed by atoms with Gasteiger partial charge in [0.15, 0.2) is 0 Å². The number of rotatable bonds is 7. The number of carbonyl (C=O) groups excluding carboxylic acids is 1. The van der Waals surface area contributed by atoms with Crippen LogP contribution in [-0.2, 0) is 11.3 Å². The van der Waals surface area contributed by atoms with Crippen LogP contribution in [0.2, 0.25) is 0 Å². The average molecular weight is 297 g/mol. The van der Waals surface area contributed by atoms with Crippen LogP contribution in [0.15, 0.2) is 18.2 Å². The second-order valence-electron chi connectivity index (χ2n) is 4.42. The summed E-state index contributed by atoms with van der Waals surface area (Å²) in [6, 6.07) is 4.28. The van der Waals surface area contributed by atoms with Gasteiger partial charge in [0.1, 0.15) is 0 Å². The lowest BCUT2D eigenvalue weighted by Gasteiger charge is -2.12. The van der Waals surface area contributed by atoms with Crippen LogP contribution >= 0.6 is 11.8 Å². The lowest BCUT2D eigenvalue weighted by atomic mass is 10.1. The Kier molecular flexibility index (Phi) is 6.47. The lowest BCUT2D eigenvalue weighted by molar-refractivity contribution is -0.385. The maximum absolute atomic E-state index is 11.8. The first kappa shape index (κ1) is 16.5. The Bertz CT molecular complexity index is 494. The number of nitrogens with two attached hydrogens (primary N) is 1. The van der Waals surface area contributed by atoms with E-state index in [9.17, 15) is 14.9 Å². The summed E-state index contributed by atoms with van der Waals surface area (Å²) in [6.45, 7) is 1.92. The van der Waals surface area contributed by atoms with Crippen molar-refractivity contribution < 1.29 is 9.72 Å². The predicted molar refractivity (Wildman–Crippen MR) is 80.7 cm³/mol. The van der Waals surface area contributed by atoms with Crippen LogP contribution in [0.1, 0.15) is 17.5 Å². The van der Waals surface area contributed by atoms with Gasteiger partial charge < -0.3 is 11.1 Å². The number of carbonyl (C=O) groups is 1. The Hall–Kier alpha value is -1.60. The zero-order valence-electron chi connectivity index (χ0n) is 11.6. The molecular formula is C13H19N3O3S. The van der Waals surface area contributed by atoms with Crippen LogP contribution in [-0.4, -0.2) is 28.9 Å². The molecule has 1 atom stereocenters. The van der Waals surface area contributed by atoms with Gasteiger partial charge >= 0.3 is 0 Å². The molecule has 6 nitrogen and oxygen atoms in total. The summed E-state index contributed by atoms with van der Waals surface area (Å²) >= 11 is 1.63. The fourth-order valence-corrected chi connectivity index (χ4v) is 2.24. The van der Waals surface area contributed by atoms with Crippen molar-refractivity contribution in [1.29, 1.82) is 0 Å². The van der Waals surface area contributed by atoms with Crippen LogP contribution in [0.3, 0.4) is 0 Å². The van der Waals surface area contributed by atoms with Gasteiger partial charge in [0, 0.05) is 18.2 Å². The van der Waals surface area contributed by atoms with Crippen molar-refractivity contribution in [3.05, 3.63) is 39.4 Å². The number of amides is 1. The molecule has 1 rings (SSSR count). The standard InChI is InChI=1S/C13H19N3O3S/c1-9-10(4-3-5-12(9)16(18)19)8-15-13(17)11(14)6-7-20-2/h3-5,11H,6-8,14H2,1-2H3,(H,15,17)/t11-/m1/s1. The fraction of sp³-hybridized carbons (Fsp3) is 0.462. The van der Waals surface area contributed by atoms with Gasteiger partial charge in [-0.2, -0.15) is 11.8 Å². The average Bonchev–Trinajstić information content (AvgIpc) is 2.42. The third kappa shape index (κ3) is 4.50. The number of benzene rings is 1. The summed E-state index contributed by atoms with van der Waals surface area (Å²) in [7, 11) is 0. The van der Waals surface area contributed by atoms with Gasteiger partial charge in [-0.15, -0.1) is 0 Å². The van der Waals surface area contributed by atoms with Crippen molar-refractivity contribution in [3.8, 4) is 0 Å². The largest absolute Gasteiger partial charge is 0.351 e. The zero-order chi connectivity index (χ0) is 15.1. The second-order valence-corrected chi connectivity index (χ2v) is 5.41. The van der Waals surface area contributed by atoms with Crippen molar-refractivity contribution in [2.45, 2.75) is 25.9 Å². The Balaban J connectivity index is 2.64. The highest BCUT2D eigenvalue weighted by Gasteiger charge is 2.16. The van der Waals surface area contributed by atoms with Crippen LogP contribution in [0.25, 0.3) is 0 Å². The first-order valence-electron chi connectivity index (χ1n) is 6.22. The molecule has 0 aromatic heterocycles. The minimum absolute atomic E-state index is 0.0587. The molecule has 0 spiro atoms. The van der Waals surface area contributed by atoms with E-state index in [1.54, 1.807) is 30.8 Å². The monoisotopic (exact) mass is 297 g/mol. The number of hydrogen-bond acceptors (Lipinski definition) is 5. The molecule has 0 heterocycles. The summed E-state index contributed by atoms with van der Waals surface area (Å²) < 4.78 is 0. The zero-order valence-corrected chi connectivity index (χ0v) is 12.4. The van der Waals surface area contributed by atoms with E-state index in [0.29, 0.717) is 12.0 Å². The molecule has 1 aromatic rings. The number of nitro groups is 1. The third-order valence-corrected chi connectivity index (χ3v) is 3.68. The molecule has 110 valence electrons. The maximum atomic E-state index is 11.8. The molecule has 0 saturated carbocycles. The molecule has 0 aliphatic rings. The molecule has 0 bridgehead atoms. The molecule has 0 aliphatic carbocycles. The molecule has 1 aromatic carbocycles. The summed E-state index contributed by atoms with van der Waals surface area (Å²) in [4.78, 5) is 22.2. The van der Waals surface area contributed by atoms with Crippen molar-refractivity contribution in [2.24, 2.45) is 5.73 Å². The van der Waals surface area contributed by atoms with E-state index in [-0.39, 0.29) is 18.1 Å².